The SMILES string of the molecule is CC1(C2CC2)NC(=O)N(CC(=O)N2CCCC(c3nc4ccccc4s3)C2)C1=O. The van der Waals surface area contributed by atoms with Gasteiger partial charge in [-0.15, -0.1) is 11.3 Å². The fourth-order valence-corrected chi connectivity index (χ4v) is 5.60. The Hall–Kier alpha value is -2.48. The predicted molar refractivity (Wildman–Crippen MR) is 110 cm³/mol. The Kier molecular flexibility index (Phi) is 4.34. The number of piperidine rings is 1. The number of hydrogen-bond donors (Lipinski definition) is 1. The molecule has 4 amide bonds. The Morgan fingerprint density at radius 2 is 2.07 bits per heavy atom. The molecule has 29 heavy (non-hydrogen) atoms. The van der Waals surface area contributed by atoms with Gasteiger partial charge in [0.25, 0.3) is 5.91 Å². The molecule has 3 heterocycles. The van der Waals surface area contributed by atoms with Crippen molar-refractivity contribution in [3.05, 3.63) is 29.3 Å². The first-order valence-electron chi connectivity index (χ1n) is 10.2. The summed E-state index contributed by atoms with van der Waals surface area (Å²) in [5.74, 6) is -0.0418. The van der Waals surface area contributed by atoms with E-state index in [0.29, 0.717) is 13.1 Å². The summed E-state index contributed by atoms with van der Waals surface area (Å²) in [5, 5.41) is 3.86. The quantitative estimate of drug-likeness (QED) is 0.783. The number of rotatable bonds is 4. The molecular weight excluding hydrogens is 388 g/mol. The number of amides is 4. The van der Waals surface area contributed by atoms with E-state index in [-0.39, 0.29) is 30.2 Å². The van der Waals surface area contributed by atoms with Crippen molar-refractivity contribution in [3.8, 4) is 0 Å². The molecular formula is C21H24N4O3S. The maximum atomic E-state index is 12.9. The molecule has 1 N–H and O–H groups in total. The van der Waals surface area contributed by atoms with Crippen molar-refractivity contribution >= 4 is 39.4 Å². The fraction of sp³-hybridized carbons (Fsp3) is 0.524. The van der Waals surface area contributed by atoms with E-state index in [9.17, 15) is 14.4 Å². The van der Waals surface area contributed by atoms with Crippen LogP contribution in [0.3, 0.4) is 0 Å². The Morgan fingerprint density at radius 3 is 2.83 bits per heavy atom. The number of para-hydroxylation sites is 1. The lowest BCUT2D eigenvalue weighted by Crippen LogP contribution is -2.48. The first-order valence-corrected chi connectivity index (χ1v) is 11.0. The summed E-state index contributed by atoms with van der Waals surface area (Å²) >= 11 is 1.68. The summed E-state index contributed by atoms with van der Waals surface area (Å²) in [5.41, 5.74) is 0.151. The lowest BCUT2D eigenvalue weighted by Gasteiger charge is -2.32. The molecule has 1 aromatic heterocycles. The topological polar surface area (TPSA) is 82.6 Å². The van der Waals surface area contributed by atoms with Gasteiger partial charge in [0.05, 0.1) is 15.2 Å². The minimum absolute atomic E-state index is 0.167. The lowest BCUT2D eigenvalue weighted by atomic mass is 9.96. The highest BCUT2D eigenvalue weighted by atomic mass is 32.1. The molecule has 8 heteroatoms. The van der Waals surface area contributed by atoms with Crippen molar-refractivity contribution in [2.24, 2.45) is 5.92 Å². The van der Waals surface area contributed by atoms with Crippen LogP contribution in [0.1, 0.15) is 43.5 Å². The molecule has 2 atom stereocenters. The molecule has 0 spiro atoms. The third-order valence-corrected chi connectivity index (χ3v) is 7.62. The van der Waals surface area contributed by atoms with Crippen LogP contribution in [0.25, 0.3) is 10.2 Å². The molecule has 2 saturated heterocycles. The van der Waals surface area contributed by atoms with Gasteiger partial charge in [-0.25, -0.2) is 9.78 Å². The summed E-state index contributed by atoms with van der Waals surface area (Å²) in [6.45, 7) is 2.84. The molecule has 0 radical (unpaired) electrons. The number of carbonyl (C=O) groups excluding carboxylic acids is 3. The molecule has 5 rings (SSSR count). The van der Waals surface area contributed by atoms with Gasteiger partial charge in [0.15, 0.2) is 0 Å². The monoisotopic (exact) mass is 412 g/mol. The van der Waals surface area contributed by atoms with E-state index in [1.54, 1.807) is 23.2 Å². The number of urea groups is 1. The van der Waals surface area contributed by atoms with E-state index in [2.05, 4.69) is 11.4 Å². The Balaban J connectivity index is 1.27. The van der Waals surface area contributed by atoms with Crippen LogP contribution in [0.5, 0.6) is 0 Å². The minimum Gasteiger partial charge on any atom is -0.340 e. The molecule has 3 fully saturated rings. The molecule has 1 aliphatic carbocycles. The first kappa shape index (κ1) is 18.5. The van der Waals surface area contributed by atoms with Crippen LogP contribution in [-0.2, 0) is 9.59 Å². The van der Waals surface area contributed by atoms with Gasteiger partial charge in [0, 0.05) is 19.0 Å². The number of hydrogen-bond acceptors (Lipinski definition) is 5. The van der Waals surface area contributed by atoms with Crippen LogP contribution in [0.15, 0.2) is 24.3 Å². The van der Waals surface area contributed by atoms with Crippen molar-refractivity contribution < 1.29 is 14.4 Å². The molecule has 0 bridgehead atoms. The zero-order valence-corrected chi connectivity index (χ0v) is 17.2. The summed E-state index contributed by atoms with van der Waals surface area (Å²) < 4.78 is 1.16. The van der Waals surface area contributed by atoms with Gasteiger partial charge in [-0.05, 0) is 50.7 Å². The number of aromatic nitrogens is 1. The smallest absolute Gasteiger partial charge is 0.325 e. The van der Waals surface area contributed by atoms with E-state index in [1.807, 2.05) is 18.2 Å². The lowest BCUT2D eigenvalue weighted by molar-refractivity contribution is -0.139. The summed E-state index contributed by atoms with van der Waals surface area (Å²) in [6.07, 6.45) is 3.78. The third kappa shape index (κ3) is 3.19. The average Bonchev–Trinajstić information content (AvgIpc) is 3.46. The van der Waals surface area contributed by atoms with Crippen LogP contribution < -0.4 is 5.32 Å². The number of carbonyl (C=O) groups is 3. The van der Waals surface area contributed by atoms with E-state index >= 15 is 0 Å². The predicted octanol–water partition coefficient (Wildman–Crippen LogP) is 2.72. The standard InChI is InChI=1S/C21H24N4O3S/c1-21(14-8-9-14)19(27)25(20(28)23-21)12-17(26)24-10-4-5-13(11-24)18-22-15-6-2-3-7-16(15)29-18/h2-3,6-7,13-14H,4-5,8-12H2,1H3,(H,23,28). The first-order chi connectivity index (χ1) is 14.0. The molecule has 2 unspecified atom stereocenters. The Morgan fingerprint density at radius 1 is 1.28 bits per heavy atom. The van der Waals surface area contributed by atoms with Crippen molar-refractivity contribution in [1.29, 1.82) is 0 Å². The summed E-state index contributed by atoms with van der Waals surface area (Å²) in [7, 11) is 0. The normalized spacial score (nSPS) is 27.6. The number of nitrogens with zero attached hydrogens (tertiary/aromatic N) is 3. The van der Waals surface area contributed by atoms with E-state index in [0.717, 1.165) is 45.8 Å². The molecule has 7 nitrogen and oxygen atoms in total. The van der Waals surface area contributed by atoms with Crippen molar-refractivity contribution in [1.82, 2.24) is 20.1 Å². The minimum atomic E-state index is -0.844. The van der Waals surface area contributed by atoms with E-state index < -0.39 is 11.6 Å². The molecule has 3 aliphatic rings. The summed E-state index contributed by atoms with van der Waals surface area (Å²) in [4.78, 5) is 45.7. The van der Waals surface area contributed by atoms with Gasteiger partial charge in [-0.3, -0.25) is 14.5 Å². The van der Waals surface area contributed by atoms with Gasteiger partial charge >= 0.3 is 6.03 Å². The molecule has 2 aliphatic heterocycles. The zero-order chi connectivity index (χ0) is 20.2. The van der Waals surface area contributed by atoms with E-state index in [4.69, 9.17) is 4.98 Å². The number of imide groups is 1. The van der Waals surface area contributed by atoms with E-state index in [1.165, 1.54) is 0 Å². The van der Waals surface area contributed by atoms with Crippen molar-refractivity contribution in [2.75, 3.05) is 19.6 Å². The van der Waals surface area contributed by atoms with Crippen molar-refractivity contribution in [2.45, 2.75) is 44.1 Å². The second-order valence-electron chi connectivity index (χ2n) is 8.50. The van der Waals surface area contributed by atoms with Crippen LogP contribution in [0.2, 0.25) is 0 Å². The second-order valence-corrected chi connectivity index (χ2v) is 9.56. The van der Waals surface area contributed by atoms with Gasteiger partial charge in [-0.2, -0.15) is 0 Å². The molecule has 152 valence electrons. The largest absolute Gasteiger partial charge is 0.340 e. The zero-order valence-electron chi connectivity index (χ0n) is 16.4. The number of benzene rings is 1. The number of likely N-dealkylation sites (tertiary alicyclic amines) is 1. The van der Waals surface area contributed by atoms with Gasteiger partial charge in [0.2, 0.25) is 5.91 Å². The van der Waals surface area contributed by atoms with Crippen LogP contribution in [0, 0.1) is 5.92 Å². The third-order valence-electron chi connectivity index (χ3n) is 6.42. The number of fused-ring (bicyclic) bond motifs is 1. The second kappa shape index (κ2) is 6.79. The van der Waals surface area contributed by atoms with Crippen LogP contribution in [-0.4, -0.2) is 57.8 Å². The average molecular weight is 413 g/mol. The highest BCUT2D eigenvalue weighted by Crippen LogP contribution is 2.42. The fourth-order valence-electron chi connectivity index (χ4n) is 4.50. The van der Waals surface area contributed by atoms with Gasteiger partial charge in [-0.1, -0.05) is 12.1 Å². The molecule has 2 aromatic rings. The van der Waals surface area contributed by atoms with Crippen molar-refractivity contribution in [3.63, 3.8) is 0 Å². The highest BCUT2D eigenvalue weighted by Gasteiger charge is 2.56. The van der Waals surface area contributed by atoms with Gasteiger partial charge in [0.1, 0.15) is 12.1 Å². The number of nitrogens with one attached hydrogen (secondary N) is 1. The highest BCUT2D eigenvalue weighted by molar-refractivity contribution is 7.18. The summed E-state index contributed by atoms with van der Waals surface area (Å²) in [6, 6.07) is 7.62. The van der Waals surface area contributed by atoms with Crippen LogP contribution >= 0.6 is 11.3 Å². The van der Waals surface area contributed by atoms with Crippen LogP contribution in [0.4, 0.5) is 4.79 Å². The maximum Gasteiger partial charge on any atom is 0.325 e. The Bertz CT molecular complexity index is 968. The number of thiazole rings is 1. The molecule has 1 aromatic carbocycles. The maximum absolute atomic E-state index is 12.9. The Labute approximate surface area is 173 Å². The molecule has 1 saturated carbocycles. The van der Waals surface area contributed by atoms with Gasteiger partial charge < -0.3 is 10.2 Å².